The van der Waals surface area contributed by atoms with Crippen LogP contribution in [-0.2, 0) is 0 Å². The first-order valence-corrected chi connectivity index (χ1v) is 5.87. The number of nitriles is 1. The predicted molar refractivity (Wildman–Crippen MR) is 73.0 cm³/mol. The van der Waals surface area contributed by atoms with Crippen molar-refractivity contribution in [3.8, 4) is 17.2 Å². The summed E-state index contributed by atoms with van der Waals surface area (Å²) >= 11 is 0. The van der Waals surface area contributed by atoms with E-state index in [0.29, 0.717) is 27.7 Å². The second kappa shape index (κ2) is 4.52. The van der Waals surface area contributed by atoms with Crippen LogP contribution in [0.4, 0.5) is 5.88 Å². The van der Waals surface area contributed by atoms with Gasteiger partial charge in [-0.05, 0) is 23.8 Å². The van der Waals surface area contributed by atoms with Gasteiger partial charge in [0.1, 0.15) is 16.1 Å². The van der Waals surface area contributed by atoms with Crippen molar-refractivity contribution < 1.29 is 9.34 Å². The van der Waals surface area contributed by atoms with E-state index in [1.54, 1.807) is 42.5 Å². The summed E-state index contributed by atoms with van der Waals surface area (Å²) in [4.78, 5) is 10.6. The Balaban J connectivity index is 2.40. The van der Waals surface area contributed by atoms with Crippen LogP contribution in [0.5, 0.6) is 0 Å². The highest BCUT2D eigenvalue weighted by Crippen LogP contribution is 2.39. The summed E-state index contributed by atoms with van der Waals surface area (Å²) < 4.78 is 5.31. The van der Waals surface area contributed by atoms with Crippen LogP contribution in [0.1, 0.15) is 5.56 Å². The molecule has 3 rings (SSSR count). The van der Waals surface area contributed by atoms with Gasteiger partial charge >= 0.3 is 5.88 Å². The average Bonchev–Trinajstić information content (AvgIpc) is 2.86. The maximum absolute atomic E-state index is 11.2. The lowest BCUT2D eigenvalue weighted by molar-refractivity contribution is -0.400. The lowest BCUT2D eigenvalue weighted by atomic mass is 10.0. The summed E-state index contributed by atoms with van der Waals surface area (Å²) in [6.45, 7) is 0. The molecule has 0 unspecified atom stereocenters. The normalized spacial score (nSPS) is 10.3. The number of hydrogen-bond donors (Lipinski definition) is 0. The minimum absolute atomic E-state index is 0.304. The third-order valence-corrected chi connectivity index (χ3v) is 3.03. The van der Waals surface area contributed by atoms with Gasteiger partial charge in [-0.2, -0.15) is 5.26 Å². The van der Waals surface area contributed by atoms with Gasteiger partial charge < -0.3 is 4.42 Å². The number of benzene rings is 2. The van der Waals surface area contributed by atoms with Crippen molar-refractivity contribution in [2.45, 2.75) is 0 Å². The minimum atomic E-state index is -0.547. The molecule has 0 aliphatic heterocycles. The fourth-order valence-corrected chi connectivity index (χ4v) is 2.17. The van der Waals surface area contributed by atoms with Crippen LogP contribution >= 0.6 is 0 Å². The van der Waals surface area contributed by atoms with Gasteiger partial charge in [0, 0.05) is 5.39 Å². The van der Waals surface area contributed by atoms with Gasteiger partial charge in [0.25, 0.3) is 0 Å². The maximum atomic E-state index is 11.2. The van der Waals surface area contributed by atoms with Crippen LogP contribution in [0.3, 0.4) is 0 Å². The third kappa shape index (κ3) is 1.80. The van der Waals surface area contributed by atoms with E-state index >= 15 is 0 Å². The first kappa shape index (κ1) is 11.9. The quantitative estimate of drug-likeness (QED) is 0.519. The molecule has 20 heavy (non-hydrogen) atoms. The second-order valence-electron chi connectivity index (χ2n) is 4.23. The smallest absolute Gasteiger partial charge is 0.400 e. The predicted octanol–water partition coefficient (Wildman–Crippen LogP) is 3.88. The molecule has 0 bridgehead atoms. The van der Waals surface area contributed by atoms with Crippen LogP contribution in [0, 0.1) is 21.4 Å². The van der Waals surface area contributed by atoms with Gasteiger partial charge in [-0.1, -0.05) is 30.3 Å². The standard InChI is InChI=1S/C15H8N2O3/c16-9-10-6-7-13-12(8-10)14(15(20-13)17(18)19)11-4-2-1-3-5-11/h1-8H. The zero-order chi connectivity index (χ0) is 14.1. The Morgan fingerprint density at radius 3 is 2.55 bits per heavy atom. The maximum Gasteiger partial charge on any atom is 0.442 e. The lowest BCUT2D eigenvalue weighted by Gasteiger charge is -1.97. The molecule has 0 N–H and O–H groups in total. The van der Waals surface area contributed by atoms with Crippen molar-refractivity contribution in [2.24, 2.45) is 0 Å². The van der Waals surface area contributed by atoms with E-state index in [9.17, 15) is 10.1 Å². The molecule has 0 saturated heterocycles. The topological polar surface area (TPSA) is 80.1 Å². The van der Waals surface area contributed by atoms with E-state index in [1.807, 2.05) is 12.1 Å². The van der Waals surface area contributed by atoms with E-state index in [2.05, 4.69) is 0 Å². The van der Waals surface area contributed by atoms with Gasteiger partial charge in [0.05, 0.1) is 11.6 Å². The van der Waals surface area contributed by atoms with E-state index in [0.717, 1.165) is 0 Å². The number of rotatable bonds is 2. The molecular formula is C15H8N2O3. The Hall–Kier alpha value is -3.13. The molecule has 0 fully saturated rings. The molecular weight excluding hydrogens is 256 g/mol. The fraction of sp³-hybridized carbons (Fsp3) is 0. The first-order chi connectivity index (χ1) is 9.70. The van der Waals surface area contributed by atoms with Crippen molar-refractivity contribution in [3.05, 3.63) is 64.2 Å². The zero-order valence-electron chi connectivity index (χ0n) is 10.2. The van der Waals surface area contributed by atoms with Gasteiger partial charge in [-0.15, -0.1) is 0 Å². The zero-order valence-corrected chi connectivity index (χ0v) is 10.2. The van der Waals surface area contributed by atoms with Crippen LogP contribution in [0.2, 0.25) is 0 Å². The number of fused-ring (bicyclic) bond motifs is 1. The van der Waals surface area contributed by atoms with Crippen molar-refractivity contribution >= 4 is 16.9 Å². The van der Waals surface area contributed by atoms with Gasteiger partial charge in [0.2, 0.25) is 0 Å². The van der Waals surface area contributed by atoms with Crippen LogP contribution in [0.25, 0.3) is 22.1 Å². The molecule has 0 amide bonds. The monoisotopic (exact) mass is 264 g/mol. The van der Waals surface area contributed by atoms with Crippen LogP contribution < -0.4 is 0 Å². The fourth-order valence-electron chi connectivity index (χ4n) is 2.17. The molecule has 0 saturated carbocycles. The summed E-state index contributed by atoms with van der Waals surface area (Å²) in [5.41, 5.74) is 1.93. The number of nitrogens with zero attached hydrogens (tertiary/aromatic N) is 2. The molecule has 5 heteroatoms. The number of furan rings is 1. The van der Waals surface area contributed by atoms with Crippen LogP contribution in [0.15, 0.2) is 52.9 Å². The van der Waals surface area contributed by atoms with Crippen molar-refractivity contribution in [1.82, 2.24) is 0 Å². The molecule has 1 heterocycles. The summed E-state index contributed by atoms with van der Waals surface area (Å²) in [5, 5.41) is 20.7. The molecule has 5 nitrogen and oxygen atoms in total. The van der Waals surface area contributed by atoms with Gasteiger partial charge in [-0.3, -0.25) is 10.1 Å². The lowest BCUT2D eigenvalue weighted by Crippen LogP contribution is -1.88. The summed E-state index contributed by atoms with van der Waals surface area (Å²) in [5.74, 6) is -0.304. The molecule has 2 aromatic carbocycles. The Bertz CT molecular complexity index is 845. The highest BCUT2D eigenvalue weighted by atomic mass is 16.6. The third-order valence-electron chi connectivity index (χ3n) is 3.03. The van der Waals surface area contributed by atoms with Crippen molar-refractivity contribution in [2.75, 3.05) is 0 Å². The highest BCUT2D eigenvalue weighted by Gasteiger charge is 2.25. The number of hydrogen-bond acceptors (Lipinski definition) is 4. The SMILES string of the molecule is N#Cc1ccc2oc([N+](=O)[O-])c(-c3ccccc3)c2c1. The number of nitro groups is 1. The molecule has 3 aromatic rings. The van der Waals surface area contributed by atoms with Crippen molar-refractivity contribution in [3.63, 3.8) is 0 Å². The van der Waals surface area contributed by atoms with E-state index < -0.39 is 4.92 Å². The molecule has 0 aliphatic rings. The molecule has 0 radical (unpaired) electrons. The highest BCUT2D eigenvalue weighted by molar-refractivity contribution is 5.99. The Morgan fingerprint density at radius 1 is 1.15 bits per heavy atom. The van der Waals surface area contributed by atoms with E-state index in [4.69, 9.17) is 9.68 Å². The summed E-state index contributed by atoms with van der Waals surface area (Å²) in [6.07, 6.45) is 0. The largest absolute Gasteiger partial charge is 0.442 e. The summed E-state index contributed by atoms with van der Waals surface area (Å²) in [6, 6.07) is 15.8. The Labute approximate surface area is 113 Å². The van der Waals surface area contributed by atoms with E-state index in [1.165, 1.54) is 0 Å². The van der Waals surface area contributed by atoms with E-state index in [-0.39, 0.29) is 5.88 Å². The Morgan fingerprint density at radius 2 is 1.90 bits per heavy atom. The second-order valence-corrected chi connectivity index (χ2v) is 4.23. The first-order valence-electron chi connectivity index (χ1n) is 5.87. The van der Waals surface area contributed by atoms with Crippen LogP contribution in [-0.4, -0.2) is 4.92 Å². The summed E-state index contributed by atoms with van der Waals surface area (Å²) in [7, 11) is 0. The molecule has 0 aliphatic carbocycles. The molecule has 0 spiro atoms. The average molecular weight is 264 g/mol. The molecule has 96 valence electrons. The van der Waals surface area contributed by atoms with Gasteiger partial charge in [0.15, 0.2) is 0 Å². The molecule has 0 atom stereocenters. The van der Waals surface area contributed by atoms with Gasteiger partial charge in [-0.25, -0.2) is 0 Å². The Kier molecular flexibility index (Phi) is 2.70. The molecule has 1 aromatic heterocycles. The minimum Gasteiger partial charge on any atom is -0.400 e. The van der Waals surface area contributed by atoms with Crippen molar-refractivity contribution in [1.29, 1.82) is 5.26 Å².